The van der Waals surface area contributed by atoms with E-state index in [4.69, 9.17) is 9.84 Å². The molecule has 1 aliphatic rings. The van der Waals surface area contributed by atoms with Crippen LogP contribution in [0.3, 0.4) is 0 Å². The molecule has 0 unspecified atom stereocenters. The van der Waals surface area contributed by atoms with Gasteiger partial charge in [-0.15, -0.1) is 11.8 Å². The Morgan fingerprint density at radius 3 is 2.58 bits per heavy atom. The van der Waals surface area contributed by atoms with Crippen molar-refractivity contribution < 1.29 is 32.6 Å². The van der Waals surface area contributed by atoms with Crippen molar-refractivity contribution in [2.45, 2.75) is 9.79 Å². The number of aromatic carboxylic acids is 1. The first-order valence-corrected chi connectivity index (χ1v) is 9.43. The lowest BCUT2D eigenvalue weighted by molar-refractivity contribution is -0.137. The number of ether oxygens (including phenoxy) is 2. The lowest BCUT2D eigenvalue weighted by Gasteiger charge is -2.27. The van der Waals surface area contributed by atoms with Crippen LogP contribution < -0.4 is 0 Å². The number of benzene rings is 1. The van der Waals surface area contributed by atoms with Gasteiger partial charge < -0.3 is 14.6 Å². The second-order valence-corrected chi connectivity index (χ2v) is 7.77. The van der Waals surface area contributed by atoms with Gasteiger partial charge in [-0.2, -0.15) is 4.31 Å². The van der Waals surface area contributed by atoms with Crippen molar-refractivity contribution in [3.63, 3.8) is 0 Å². The van der Waals surface area contributed by atoms with E-state index in [1.807, 2.05) is 0 Å². The van der Waals surface area contributed by atoms with Crippen LogP contribution in [0.15, 0.2) is 28.0 Å². The van der Waals surface area contributed by atoms with Crippen molar-refractivity contribution in [1.29, 1.82) is 0 Å². The van der Waals surface area contributed by atoms with E-state index in [2.05, 4.69) is 4.74 Å². The molecule has 0 aromatic heterocycles. The Balaban J connectivity index is 2.41. The molecule has 0 bridgehead atoms. The molecule has 0 radical (unpaired) electrons. The van der Waals surface area contributed by atoms with Gasteiger partial charge in [-0.25, -0.2) is 13.2 Å². The summed E-state index contributed by atoms with van der Waals surface area (Å²) in [7, 11) is -2.65. The van der Waals surface area contributed by atoms with Gasteiger partial charge in [0.2, 0.25) is 10.0 Å². The number of nitrogens with zero attached hydrogens (tertiary/aromatic N) is 1. The van der Waals surface area contributed by atoms with Gasteiger partial charge in [0.1, 0.15) is 0 Å². The van der Waals surface area contributed by atoms with E-state index in [1.54, 1.807) is 0 Å². The number of carboxylic acid groups (broad SMARTS) is 1. The maximum absolute atomic E-state index is 12.8. The summed E-state index contributed by atoms with van der Waals surface area (Å²) in [6, 6.07) is 3.82. The van der Waals surface area contributed by atoms with Gasteiger partial charge >= 0.3 is 11.9 Å². The van der Waals surface area contributed by atoms with Crippen LogP contribution in [0.2, 0.25) is 0 Å². The number of morpholine rings is 1. The molecule has 0 aliphatic carbocycles. The molecule has 0 saturated carbocycles. The standard InChI is InChI=1S/C14H17NO7S2/c1-21-13(16)9-23-11-3-2-10(14(17)18)8-12(11)24(19,20)15-4-6-22-7-5-15/h2-3,8H,4-7,9H2,1H3,(H,17,18). The molecule has 1 aliphatic heterocycles. The van der Waals surface area contributed by atoms with E-state index in [-0.39, 0.29) is 42.5 Å². The van der Waals surface area contributed by atoms with Crippen LogP contribution >= 0.6 is 11.8 Å². The maximum Gasteiger partial charge on any atom is 0.335 e. The molecule has 10 heteroatoms. The van der Waals surface area contributed by atoms with Crippen LogP contribution in [0.25, 0.3) is 0 Å². The van der Waals surface area contributed by atoms with Crippen molar-refractivity contribution in [2.75, 3.05) is 39.2 Å². The number of esters is 1. The van der Waals surface area contributed by atoms with Crippen LogP contribution in [0.5, 0.6) is 0 Å². The minimum atomic E-state index is -3.89. The summed E-state index contributed by atoms with van der Waals surface area (Å²) in [5.74, 6) is -1.80. The van der Waals surface area contributed by atoms with E-state index in [1.165, 1.54) is 23.5 Å². The Morgan fingerprint density at radius 1 is 1.33 bits per heavy atom. The summed E-state index contributed by atoms with van der Waals surface area (Å²) in [6.07, 6.45) is 0. The second-order valence-electron chi connectivity index (χ2n) is 4.85. The van der Waals surface area contributed by atoms with Crippen LogP contribution in [0.4, 0.5) is 0 Å². The first kappa shape index (κ1) is 18.7. The largest absolute Gasteiger partial charge is 0.478 e. The second kappa shape index (κ2) is 7.97. The smallest absolute Gasteiger partial charge is 0.335 e. The summed E-state index contributed by atoms with van der Waals surface area (Å²) >= 11 is 0.986. The van der Waals surface area contributed by atoms with Gasteiger partial charge in [-0.1, -0.05) is 0 Å². The summed E-state index contributed by atoms with van der Waals surface area (Å²) in [5, 5.41) is 9.12. The molecule has 0 atom stereocenters. The van der Waals surface area contributed by atoms with E-state index in [0.29, 0.717) is 4.90 Å². The van der Waals surface area contributed by atoms with Gasteiger partial charge in [0.05, 0.1) is 36.5 Å². The number of hydrogen-bond acceptors (Lipinski definition) is 7. The Hall–Kier alpha value is -1.62. The van der Waals surface area contributed by atoms with E-state index >= 15 is 0 Å². The zero-order valence-corrected chi connectivity index (χ0v) is 14.6. The molecule has 24 heavy (non-hydrogen) atoms. The molecule has 1 fully saturated rings. The predicted octanol–water partition coefficient (Wildman–Crippen LogP) is 0.671. The third kappa shape index (κ3) is 4.26. The topological polar surface area (TPSA) is 110 Å². The number of thioether (sulfide) groups is 1. The Morgan fingerprint density at radius 2 is 2.00 bits per heavy atom. The van der Waals surface area contributed by atoms with E-state index in [0.717, 1.165) is 17.8 Å². The number of methoxy groups -OCH3 is 1. The highest BCUT2D eigenvalue weighted by Crippen LogP contribution is 2.30. The highest BCUT2D eigenvalue weighted by atomic mass is 32.2. The fraction of sp³-hybridized carbons (Fsp3) is 0.429. The first-order valence-electron chi connectivity index (χ1n) is 7.01. The molecule has 8 nitrogen and oxygen atoms in total. The molecule has 1 N–H and O–H groups in total. The summed E-state index contributed by atoms with van der Waals surface area (Å²) in [5.41, 5.74) is -0.135. The number of carbonyl (C=O) groups is 2. The molecular formula is C14H17NO7S2. The quantitative estimate of drug-likeness (QED) is 0.571. The van der Waals surface area contributed by atoms with Crippen molar-refractivity contribution >= 4 is 33.7 Å². The van der Waals surface area contributed by atoms with Gasteiger partial charge in [0.25, 0.3) is 0 Å². The van der Waals surface area contributed by atoms with Crippen molar-refractivity contribution in [3.05, 3.63) is 23.8 Å². The molecule has 1 saturated heterocycles. The van der Waals surface area contributed by atoms with Crippen LogP contribution in [-0.4, -0.2) is 68.9 Å². The first-order chi connectivity index (χ1) is 11.4. The number of hydrogen-bond donors (Lipinski definition) is 1. The average molecular weight is 375 g/mol. The zero-order valence-electron chi connectivity index (χ0n) is 12.9. The third-order valence-corrected chi connectivity index (χ3v) is 6.47. The van der Waals surface area contributed by atoms with Crippen molar-refractivity contribution in [2.24, 2.45) is 0 Å². The molecule has 0 spiro atoms. The summed E-state index contributed by atoms with van der Waals surface area (Å²) in [6.45, 7) is 0.951. The number of carboxylic acids is 1. The monoisotopic (exact) mass is 375 g/mol. The highest BCUT2D eigenvalue weighted by Gasteiger charge is 2.29. The Kier molecular flexibility index (Phi) is 6.21. The molecule has 1 heterocycles. The van der Waals surface area contributed by atoms with Crippen LogP contribution in [0, 0.1) is 0 Å². The number of carbonyl (C=O) groups excluding carboxylic acids is 1. The van der Waals surface area contributed by atoms with Gasteiger partial charge in [-0.05, 0) is 18.2 Å². The van der Waals surface area contributed by atoms with E-state index in [9.17, 15) is 18.0 Å². The zero-order chi connectivity index (χ0) is 17.7. The fourth-order valence-electron chi connectivity index (χ4n) is 2.08. The van der Waals surface area contributed by atoms with Crippen LogP contribution in [0.1, 0.15) is 10.4 Å². The molecule has 132 valence electrons. The molecule has 1 aromatic rings. The van der Waals surface area contributed by atoms with Gasteiger partial charge in [0, 0.05) is 18.0 Å². The SMILES string of the molecule is COC(=O)CSc1ccc(C(=O)O)cc1S(=O)(=O)N1CCOCC1. The van der Waals surface area contributed by atoms with Gasteiger partial charge in [-0.3, -0.25) is 4.79 Å². The minimum Gasteiger partial charge on any atom is -0.478 e. The molecular weight excluding hydrogens is 358 g/mol. The normalized spacial score (nSPS) is 15.9. The lowest BCUT2D eigenvalue weighted by Crippen LogP contribution is -2.40. The predicted molar refractivity (Wildman–Crippen MR) is 85.7 cm³/mol. The highest BCUT2D eigenvalue weighted by molar-refractivity contribution is 8.00. The van der Waals surface area contributed by atoms with Crippen molar-refractivity contribution in [1.82, 2.24) is 4.31 Å². The van der Waals surface area contributed by atoms with Crippen LogP contribution in [-0.2, 0) is 24.3 Å². The fourth-order valence-corrected chi connectivity index (χ4v) is 4.84. The summed E-state index contributed by atoms with van der Waals surface area (Å²) < 4.78 is 36.6. The number of rotatable bonds is 6. The minimum absolute atomic E-state index is 0.0749. The average Bonchev–Trinajstić information content (AvgIpc) is 2.60. The molecule has 2 rings (SSSR count). The Labute approximate surface area is 143 Å². The maximum atomic E-state index is 12.8. The lowest BCUT2D eigenvalue weighted by atomic mass is 10.2. The third-order valence-electron chi connectivity index (χ3n) is 3.35. The molecule has 1 aromatic carbocycles. The Bertz CT molecular complexity index is 727. The molecule has 0 amide bonds. The number of sulfonamides is 1. The summed E-state index contributed by atoms with van der Waals surface area (Å²) in [4.78, 5) is 22.7. The van der Waals surface area contributed by atoms with E-state index < -0.39 is 22.0 Å². The van der Waals surface area contributed by atoms with Gasteiger partial charge in [0.15, 0.2) is 0 Å². The van der Waals surface area contributed by atoms with Crippen molar-refractivity contribution in [3.8, 4) is 0 Å².